The van der Waals surface area contributed by atoms with E-state index in [1.54, 1.807) is 0 Å². The third-order valence-electron chi connectivity index (χ3n) is 12.1. The largest absolute Gasteiger partial charge is 0.456 e. The Kier molecular flexibility index (Phi) is 6.95. The van der Waals surface area contributed by atoms with Crippen molar-refractivity contribution in [3.8, 4) is 45.3 Å². The topological polar surface area (TPSA) is 65.0 Å². The van der Waals surface area contributed by atoms with Gasteiger partial charge in [-0.3, -0.25) is 0 Å². The lowest BCUT2D eigenvalue weighted by atomic mass is 9.87. The van der Waals surface area contributed by atoms with Crippen LogP contribution in [0.1, 0.15) is 0 Å². The van der Waals surface area contributed by atoms with E-state index in [-0.39, 0.29) is 0 Å². The van der Waals surface area contributed by atoms with Gasteiger partial charge in [-0.05, 0) is 109 Å². The normalized spacial score (nSPS) is 12.0. The van der Waals surface area contributed by atoms with Gasteiger partial charge >= 0.3 is 0 Å². The number of nitrogens with zero attached hydrogens (tertiary/aromatic N) is 3. The van der Waals surface area contributed by atoms with Gasteiger partial charge in [-0.1, -0.05) is 133 Å². The quantitative estimate of drug-likeness (QED) is 0.167. The van der Waals surface area contributed by atoms with Crippen molar-refractivity contribution in [3.63, 3.8) is 0 Å². The average Bonchev–Trinajstić information content (AvgIpc) is 3.89. The van der Waals surface area contributed by atoms with E-state index in [2.05, 4.69) is 127 Å². The van der Waals surface area contributed by atoms with E-state index < -0.39 is 0 Å². The molecule has 0 aliphatic heterocycles. The molecule has 3 heterocycles. The summed E-state index contributed by atoms with van der Waals surface area (Å²) in [6, 6.07) is 65.9. The first-order valence-electron chi connectivity index (χ1n) is 20.2. The highest BCUT2D eigenvalue weighted by molar-refractivity contribution is 6.33. The van der Waals surface area contributed by atoms with Crippen molar-refractivity contribution in [2.24, 2.45) is 0 Å². The Morgan fingerprint density at radius 3 is 1.17 bits per heavy atom. The predicted octanol–water partition coefficient (Wildman–Crippen LogP) is 15.0. The zero-order chi connectivity index (χ0) is 39.3. The van der Waals surface area contributed by atoms with Gasteiger partial charge in [-0.15, -0.1) is 0 Å². The number of benzene rings is 10. The van der Waals surface area contributed by atoms with Gasteiger partial charge in [0.05, 0.1) is 0 Å². The molecule has 0 unspecified atom stereocenters. The standard InChI is InChI=1S/C55H31N3O2/c1-2-13-38-36(11-1)37-12-3-5-17-42(37)52-43-18-6-4-14-39(43)44(31-47(38)52)32-21-23-33(24-22-32)53-56-54(34-25-27-50-45(29-34)40-15-7-9-19-48(40)59-50)58-55(57-53)35-26-28-51-46(30-35)41-16-8-10-20-49(41)60-51/h1-31H. The third kappa shape index (κ3) is 4.96. The van der Waals surface area contributed by atoms with E-state index in [9.17, 15) is 0 Å². The zero-order valence-electron chi connectivity index (χ0n) is 32.1. The van der Waals surface area contributed by atoms with Crippen LogP contribution in [-0.4, -0.2) is 15.0 Å². The van der Waals surface area contributed by atoms with Gasteiger partial charge in [0.25, 0.3) is 0 Å². The molecule has 13 aromatic rings. The maximum Gasteiger partial charge on any atom is 0.164 e. The van der Waals surface area contributed by atoms with Gasteiger partial charge < -0.3 is 8.83 Å². The Morgan fingerprint density at radius 1 is 0.250 bits per heavy atom. The molecule has 60 heavy (non-hydrogen) atoms. The molecule has 5 nitrogen and oxygen atoms in total. The highest BCUT2D eigenvalue weighted by atomic mass is 16.3. The highest BCUT2D eigenvalue weighted by Gasteiger charge is 2.18. The van der Waals surface area contributed by atoms with E-state index >= 15 is 0 Å². The smallest absolute Gasteiger partial charge is 0.164 e. The summed E-state index contributed by atoms with van der Waals surface area (Å²) in [6.07, 6.45) is 0. The molecule has 0 amide bonds. The second kappa shape index (κ2) is 12.7. The van der Waals surface area contributed by atoms with Gasteiger partial charge in [0, 0.05) is 38.2 Å². The molecule has 0 bridgehead atoms. The number of fused-ring (bicyclic) bond motifs is 14. The fraction of sp³-hybridized carbons (Fsp3) is 0. The van der Waals surface area contributed by atoms with E-state index in [0.29, 0.717) is 17.5 Å². The maximum atomic E-state index is 6.17. The van der Waals surface area contributed by atoms with Gasteiger partial charge in [-0.2, -0.15) is 0 Å². The number of rotatable bonds is 4. The summed E-state index contributed by atoms with van der Waals surface area (Å²) in [5.41, 5.74) is 8.32. The summed E-state index contributed by atoms with van der Waals surface area (Å²) in [6.45, 7) is 0. The molecule has 13 rings (SSSR count). The molecule has 0 aliphatic rings. The average molecular weight is 766 g/mol. The fourth-order valence-electron chi connectivity index (χ4n) is 9.30. The molecule has 0 saturated heterocycles. The van der Waals surface area contributed by atoms with Crippen LogP contribution in [0.4, 0.5) is 0 Å². The van der Waals surface area contributed by atoms with Crippen LogP contribution in [-0.2, 0) is 0 Å². The molecule has 0 saturated carbocycles. The Labute approximate surface area is 342 Å². The minimum atomic E-state index is 0.586. The van der Waals surface area contributed by atoms with E-state index in [1.165, 1.54) is 48.7 Å². The van der Waals surface area contributed by atoms with Crippen molar-refractivity contribution in [3.05, 3.63) is 188 Å². The summed E-state index contributed by atoms with van der Waals surface area (Å²) in [5.74, 6) is 1.77. The summed E-state index contributed by atoms with van der Waals surface area (Å²) in [7, 11) is 0. The second-order valence-electron chi connectivity index (χ2n) is 15.5. The summed E-state index contributed by atoms with van der Waals surface area (Å²) in [4.78, 5) is 15.4. The minimum absolute atomic E-state index is 0.586. The van der Waals surface area contributed by atoms with E-state index in [1.807, 2.05) is 60.7 Å². The zero-order valence-corrected chi connectivity index (χ0v) is 32.1. The third-order valence-corrected chi connectivity index (χ3v) is 12.1. The Bertz CT molecular complexity index is 3770. The van der Waals surface area contributed by atoms with Crippen LogP contribution in [0.5, 0.6) is 0 Å². The molecule has 0 N–H and O–H groups in total. The molecule has 0 atom stereocenters. The molecule has 278 valence electrons. The van der Waals surface area contributed by atoms with Crippen molar-refractivity contribution >= 4 is 87.0 Å². The van der Waals surface area contributed by atoms with E-state index in [0.717, 1.165) is 66.1 Å². The van der Waals surface area contributed by atoms with Gasteiger partial charge in [-0.25, -0.2) is 15.0 Å². The van der Waals surface area contributed by atoms with Crippen molar-refractivity contribution in [2.45, 2.75) is 0 Å². The lowest BCUT2D eigenvalue weighted by Crippen LogP contribution is -2.00. The van der Waals surface area contributed by atoms with Crippen molar-refractivity contribution in [1.82, 2.24) is 15.0 Å². The molecular weight excluding hydrogens is 735 g/mol. The predicted molar refractivity (Wildman–Crippen MR) is 246 cm³/mol. The molecule has 0 spiro atoms. The van der Waals surface area contributed by atoms with Crippen LogP contribution in [0, 0.1) is 0 Å². The molecular formula is C55H31N3O2. The fourth-order valence-corrected chi connectivity index (χ4v) is 9.30. The SMILES string of the molecule is c1ccc2c(c1)oc1ccc(-c3nc(-c4ccc(-c5cc6c7ccccc7c7ccccc7c6c6ccccc56)cc4)nc(-c4ccc5oc6ccccc6c5c4)n3)cc12. The van der Waals surface area contributed by atoms with Gasteiger partial charge in [0.15, 0.2) is 17.5 Å². The first-order chi connectivity index (χ1) is 29.7. The van der Waals surface area contributed by atoms with Crippen LogP contribution in [0.2, 0.25) is 0 Å². The molecule has 3 aromatic heterocycles. The summed E-state index contributed by atoms with van der Waals surface area (Å²) >= 11 is 0. The number of furan rings is 2. The van der Waals surface area contributed by atoms with Crippen LogP contribution in [0.3, 0.4) is 0 Å². The van der Waals surface area contributed by atoms with Gasteiger partial charge in [0.2, 0.25) is 0 Å². The second-order valence-corrected chi connectivity index (χ2v) is 15.5. The monoisotopic (exact) mass is 765 g/mol. The number of para-hydroxylation sites is 2. The number of hydrogen-bond acceptors (Lipinski definition) is 5. The van der Waals surface area contributed by atoms with Crippen LogP contribution < -0.4 is 0 Å². The molecule has 10 aromatic carbocycles. The minimum Gasteiger partial charge on any atom is -0.456 e. The van der Waals surface area contributed by atoms with Gasteiger partial charge in [0.1, 0.15) is 22.3 Å². The van der Waals surface area contributed by atoms with Crippen molar-refractivity contribution in [1.29, 1.82) is 0 Å². The molecule has 0 fully saturated rings. The lowest BCUT2D eigenvalue weighted by Gasteiger charge is -2.16. The highest BCUT2D eigenvalue weighted by Crippen LogP contribution is 2.43. The summed E-state index contributed by atoms with van der Waals surface area (Å²) < 4.78 is 12.3. The van der Waals surface area contributed by atoms with E-state index in [4.69, 9.17) is 23.8 Å². The molecule has 5 heteroatoms. The molecule has 0 aliphatic carbocycles. The van der Waals surface area contributed by atoms with Crippen molar-refractivity contribution < 1.29 is 8.83 Å². The Balaban J connectivity index is 0.991. The van der Waals surface area contributed by atoms with Crippen LogP contribution >= 0.6 is 0 Å². The lowest BCUT2D eigenvalue weighted by molar-refractivity contribution is 0.668. The summed E-state index contributed by atoms with van der Waals surface area (Å²) in [5, 5.41) is 14.2. The first kappa shape index (κ1) is 32.9. The number of aromatic nitrogens is 3. The Morgan fingerprint density at radius 2 is 0.617 bits per heavy atom. The molecule has 0 radical (unpaired) electrons. The first-order valence-corrected chi connectivity index (χ1v) is 20.2. The number of hydrogen-bond donors (Lipinski definition) is 0. The Hall–Kier alpha value is -8.15. The maximum absolute atomic E-state index is 6.17. The van der Waals surface area contributed by atoms with Crippen molar-refractivity contribution in [2.75, 3.05) is 0 Å². The van der Waals surface area contributed by atoms with Crippen LogP contribution in [0.15, 0.2) is 197 Å². The van der Waals surface area contributed by atoms with Crippen LogP contribution in [0.25, 0.3) is 132 Å².